The number of nitriles is 2. The summed E-state index contributed by atoms with van der Waals surface area (Å²) < 4.78 is 4.97. The molecule has 0 aromatic rings. The monoisotopic (exact) mass is 290 g/mol. The number of hydrogen-bond donors (Lipinski definition) is 0. The molecule has 0 bridgehead atoms. The van der Waals surface area contributed by atoms with E-state index in [1.54, 1.807) is 6.92 Å². The molecule has 0 N–H and O–H groups in total. The fourth-order valence-electron chi connectivity index (χ4n) is 2.92. The van der Waals surface area contributed by atoms with Crippen LogP contribution in [0.4, 0.5) is 0 Å². The first-order chi connectivity index (χ1) is 9.78. The lowest BCUT2D eigenvalue weighted by Gasteiger charge is -2.43. The van der Waals surface area contributed by atoms with Crippen molar-refractivity contribution >= 4 is 17.5 Å². The Kier molecular flexibility index (Phi) is 4.85. The van der Waals surface area contributed by atoms with Gasteiger partial charge >= 0.3 is 5.97 Å². The molecular formula is C15H18N2O4. The molecule has 3 atom stereocenters. The van der Waals surface area contributed by atoms with Gasteiger partial charge in [0.2, 0.25) is 0 Å². The molecule has 0 amide bonds. The number of carbonyl (C=O) groups is 3. The third-order valence-corrected chi connectivity index (χ3v) is 4.18. The topological polar surface area (TPSA) is 108 Å². The second-order valence-electron chi connectivity index (χ2n) is 5.50. The van der Waals surface area contributed by atoms with E-state index in [0.29, 0.717) is 0 Å². The van der Waals surface area contributed by atoms with Gasteiger partial charge in [0.25, 0.3) is 0 Å². The highest BCUT2D eigenvalue weighted by Gasteiger charge is 2.61. The van der Waals surface area contributed by atoms with Crippen molar-refractivity contribution < 1.29 is 19.1 Å². The maximum Gasteiger partial charge on any atom is 0.326 e. The molecule has 0 unspecified atom stereocenters. The fraction of sp³-hybridized carbons (Fsp3) is 0.667. The number of Topliss-reactive ketones (excluding diaryl/α,β-unsaturated/α-hetero) is 2. The zero-order valence-electron chi connectivity index (χ0n) is 12.4. The molecular weight excluding hydrogens is 272 g/mol. The molecule has 21 heavy (non-hydrogen) atoms. The van der Waals surface area contributed by atoms with Crippen LogP contribution in [0.3, 0.4) is 0 Å². The highest BCUT2D eigenvalue weighted by Crippen LogP contribution is 2.51. The number of ether oxygens (including phenoxy) is 1. The van der Waals surface area contributed by atoms with E-state index < -0.39 is 22.7 Å². The van der Waals surface area contributed by atoms with Crippen molar-refractivity contribution in [2.45, 2.75) is 40.0 Å². The first kappa shape index (κ1) is 16.8. The first-order valence-electron chi connectivity index (χ1n) is 6.81. The van der Waals surface area contributed by atoms with E-state index in [2.05, 4.69) is 0 Å². The minimum Gasteiger partial charge on any atom is -0.465 e. The zero-order valence-corrected chi connectivity index (χ0v) is 12.4. The van der Waals surface area contributed by atoms with E-state index in [4.69, 9.17) is 4.74 Å². The lowest BCUT2D eigenvalue weighted by Crippen LogP contribution is -2.53. The van der Waals surface area contributed by atoms with Crippen molar-refractivity contribution in [2.24, 2.45) is 16.7 Å². The van der Waals surface area contributed by atoms with Crippen LogP contribution in [0, 0.1) is 39.4 Å². The molecule has 0 heterocycles. The van der Waals surface area contributed by atoms with E-state index in [1.807, 2.05) is 12.1 Å². The number of carbonyl (C=O) groups excluding carboxylic acids is 3. The molecule has 1 fully saturated rings. The fourth-order valence-corrected chi connectivity index (χ4v) is 2.92. The molecule has 0 radical (unpaired) electrons. The number of nitrogens with zero attached hydrogens (tertiary/aromatic N) is 2. The molecule has 1 aliphatic carbocycles. The summed E-state index contributed by atoms with van der Waals surface area (Å²) in [6, 6.07) is 3.85. The minimum absolute atomic E-state index is 0.0175. The summed E-state index contributed by atoms with van der Waals surface area (Å²) in [5.74, 6) is -2.36. The van der Waals surface area contributed by atoms with Crippen molar-refractivity contribution in [3.05, 3.63) is 0 Å². The van der Waals surface area contributed by atoms with Crippen LogP contribution >= 0.6 is 0 Å². The Labute approximate surface area is 123 Å². The average Bonchev–Trinajstić information content (AvgIpc) is 2.44. The largest absolute Gasteiger partial charge is 0.465 e. The van der Waals surface area contributed by atoms with Crippen LogP contribution in [-0.4, -0.2) is 24.1 Å². The van der Waals surface area contributed by atoms with Crippen molar-refractivity contribution in [1.29, 1.82) is 10.5 Å². The Morgan fingerprint density at radius 2 is 2.00 bits per heavy atom. The van der Waals surface area contributed by atoms with Gasteiger partial charge in [0.1, 0.15) is 11.2 Å². The van der Waals surface area contributed by atoms with Gasteiger partial charge < -0.3 is 9.53 Å². The van der Waals surface area contributed by atoms with Gasteiger partial charge in [-0.05, 0) is 27.2 Å². The molecule has 6 nitrogen and oxygen atoms in total. The van der Waals surface area contributed by atoms with Crippen LogP contribution in [0.1, 0.15) is 40.0 Å². The quantitative estimate of drug-likeness (QED) is 0.727. The van der Waals surface area contributed by atoms with Gasteiger partial charge in [-0.2, -0.15) is 10.5 Å². The summed E-state index contributed by atoms with van der Waals surface area (Å²) in [5.41, 5.74) is -3.16. The third kappa shape index (κ3) is 2.67. The van der Waals surface area contributed by atoms with E-state index in [-0.39, 0.29) is 37.4 Å². The lowest BCUT2D eigenvalue weighted by atomic mass is 9.54. The summed E-state index contributed by atoms with van der Waals surface area (Å²) in [6.07, 6.45) is -0.247. The summed E-state index contributed by atoms with van der Waals surface area (Å²) in [7, 11) is 0. The Hall–Kier alpha value is -2.21. The molecule has 0 aromatic carbocycles. The number of rotatable bonds is 4. The first-order valence-corrected chi connectivity index (χ1v) is 6.81. The van der Waals surface area contributed by atoms with Gasteiger partial charge in [-0.15, -0.1) is 0 Å². The standard InChI is InChI=1S/C15H18N2O4/c1-4-21-13(20)15(9-17)6-5-12(19)14(3,8-16)11(15)7-10(2)18/h11H,4-7H2,1-3H3/t11-,14+,15-/m0/s1. The number of esters is 1. The van der Waals surface area contributed by atoms with E-state index in [9.17, 15) is 24.9 Å². The highest BCUT2D eigenvalue weighted by atomic mass is 16.5. The normalized spacial score (nSPS) is 31.9. The predicted octanol–water partition coefficient (Wildman–Crippen LogP) is 1.55. The molecule has 1 aliphatic rings. The van der Waals surface area contributed by atoms with Crippen LogP contribution in [0.2, 0.25) is 0 Å². The molecule has 1 rings (SSSR count). The maximum atomic E-state index is 12.3. The number of hydrogen-bond acceptors (Lipinski definition) is 6. The summed E-state index contributed by atoms with van der Waals surface area (Å²) in [5, 5.41) is 19.0. The van der Waals surface area contributed by atoms with Gasteiger partial charge in [-0.3, -0.25) is 9.59 Å². The highest BCUT2D eigenvalue weighted by molar-refractivity contribution is 5.94. The zero-order chi connectivity index (χ0) is 16.3. The Morgan fingerprint density at radius 3 is 2.43 bits per heavy atom. The summed E-state index contributed by atoms with van der Waals surface area (Å²) >= 11 is 0. The number of ketones is 2. The van der Waals surface area contributed by atoms with Crippen molar-refractivity contribution in [1.82, 2.24) is 0 Å². The van der Waals surface area contributed by atoms with E-state index >= 15 is 0 Å². The van der Waals surface area contributed by atoms with Gasteiger partial charge in [-0.1, -0.05) is 0 Å². The van der Waals surface area contributed by atoms with Gasteiger partial charge in [0, 0.05) is 18.8 Å². The molecule has 1 saturated carbocycles. The van der Waals surface area contributed by atoms with Crippen molar-refractivity contribution in [2.75, 3.05) is 6.61 Å². The van der Waals surface area contributed by atoms with Crippen LogP contribution in [-0.2, 0) is 19.1 Å². The molecule has 112 valence electrons. The van der Waals surface area contributed by atoms with Crippen LogP contribution in [0.15, 0.2) is 0 Å². The van der Waals surface area contributed by atoms with Crippen LogP contribution < -0.4 is 0 Å². The lowest BCUT2D eigenvalue weighted by molar-refractivity contribution is -0.162. The minimum atomic E-state index is -1.62. The van der Waals surface area contributed by atoms with E-state index in [0.717, 1.165) is 0 Å². The average molecular weight is 290 g/mol. The Balaban J connectivity index is 3.44. The van der Waals surface area contributed by atoms with Gasteiger partial charge in [-0.25, -0.2) is 0 Å². The molecule has 0 aliphatic heterocycles. The summed E-state index contributed by atoms with van der Waals surface area (Å²) in [6.45, 7) is 4.41. The smallest absolute Gasteiger partial charge is 0.326 e. The molecule has 0 saturated heterocycles. The second kappa shape index (κ2) is 6.05. The molecule has 0 spiro atoms. The van der Waals surface area contributed by atoms with Crippen molar-refractivity contribution in [3.8, 4) is 12.1 Å². The van der Waals surface area contributed by atoms with Crippen molar-refractivity contribution in [3.63, 3.8) is 0 Å². The van der Waals surface area contributed by atoms with Crippen LogP contribution in [0.25, 0.3) is 0 Å². The summed E-state index contributed by atoms with van der Waals surface area (Å²) in [4.78, 5) is 35.9. The predicted molar refractivity (Wildman–Crippen MR) is 71.4 cm³/mol. The maximum absolute atomic E-state index is 12.3. The second-order valence-corrected chi connectivity index (χ2v) is 5.50. The Bertz CT molecular complexity index is 557. The Morgan fingerprint density at radius 1 is 1.38 bits per heavy atom. The van der Waals surface area contributed by atoms with E-state index in [1.165, 1.54) is 13.8 Å². The molecule has 0 aromatic heterocycles. The third-order valence-electron chi connectivity index (χ3n) is 4.18. The SMILES string of the molecule is CCOC(=O)[C@]1(C#N)CCC(=O)[C@](C)(C#N)[C@@H]1CC(C)=O. The molecule has 6 heteroatoms. The van der Waals surface area contributed by atoms with Gasteiger partial charge in [0.15, 0.2) is 11.2 Å². The van der Waals surface area contributed by atoms with Gasteiger partial charge in [0.05, 0.1) is 18.7 Å². The van der Waals surface area contributed by atoms with Crippen LogP contribution in [0.5, 0.6) is 0 Å².